The first-order valence-electron chi connectivity index (χ1n) is 6.07. The van der Waals surface area contributed by atoms with E-state index in [2.05, 4.69) is 0 Å². The van der Waals surface area contributed by atoms with Crippen molar-refractivity contribution in [2.24, 2.45) is 5.92 Å². The SMILES string of the molecule is CCC(CC)CS(=O)(=O)c1ccc(C(=O)O)cc1F. The highest BCUT2D eigenvalue weighted by molar-refractivity contribution is 7.91. The van der Waals surface area contributed by atoms with Gasteiger partial charge >= 0.3 is 5.97 Å². The molecule has 1 rings (SSSR count). The molecule has 0 radical (unpaired) electrons. The van der Waals surface area contributed by atoms with Crippen molar-refractivity contribution in [1.29, 1.82) is 0 Å². The predicted octanol–water partition coefficient (Wildman–Crippen LogP) is 2.73. The van der Waals surface area contributed by atoms with Crippen LogP contribution in [0.15, 0.2) is 23.1 Å². The molecule has 0 fully saturated rings. The summed E-state index contributed by atoms with van der Waals surface area (Å²) in [4.78, 5) is 10.2. The second kappa shape index (κ2) is 6.14. The molecule has 1 aromatic rings. The van der Waals surface area contributed by atoms with Gasteiger partial charge in [-0.1, -0.05) is 26.7 Å². The minimum Gasteiger partial charge on any atom is -0.478 e. The average molecular weight is 288 g/mol. The van der Waals surface area contributed by atoms with Crippen LogP contribution in [0.2, 0.25) is 0 Å². The Morgan fingerprint density at radius 1 is 1.32 bits per heavy atom. The van der Waals surface area contributed by atoms with E-state index in [1.807, 2.05) is 13.8 Å². The van der Waals surface area contributed by atoms with E-state index in [9.17, 15) is 17.6 Å². The number of sulfone groups is 1. The fraction of sp³-hybridized carbons (Fsp3) is 0.462. The van der Waals surface area contributed by atoms with Crippen LogP contribution in [-0.2, 0) is 9.84 Å². The Balaban J connectivity index is 3.12. The number of carbonyl (C=O) groups is 1. The molecule has 4 nitrogen and oxygen atoms in total. The van der Waals surface area contributed by atoms with E-state index in [1.54, 1.807) is 0 Å². The summed E-state index contributed by atoms with van der Waals surface area (Å²) in [5.74, 6) is -2.44. The van der Waals surface area contributed by atoms with Gasteiger partial charge in [-0.2, -0.15) is 0 Å². The standard InChI is InChI=1S/C13H17FO4S/c1-3-9(4-2)8-19(17,18)12-6-5-10(13(15)16)7-11(12)14/h5-7,9H,3-4,8H2,1-2H3,(H,15,16). The zero-order chi connectivity index (χ0) is 14.6. The maximum absolute atomic E-state index is 13.7. The predicted molar refractivity (Wildman–Crippen MR) is 69.5 cm³/mol. The summed E-state index contributed by atoms with van der Waals surface area (Å²) >= 11 is 0. The van der Waals surface area contributed by atoms with E-state index in [-0.39, 0.29) is 17.2 Å². The highest BCUT2D eigenvalue weighted by Gasteiger charge is 2.23. The molecule has 0 heterocycles. The van der Waals surface area contributed by atoms with E-state index in [1.165, 1.54) is 0 Å². The molecule has 0 saturated carbocycles. The van der Waals surface area contributed by atoms with Gasteiger partial charge < -0.3 is 5.11 Å². The Hall–Kier alpha value is -1.43. The number of carboxylic acids is 1. The van der Waals surface area contributed by atoms with E-state index in [0.717, 1.165) is 18.2 Å². The van der Waals surface area contributed by atoms with Crippen molar-refractivity contribution in [3.8, 4) is 0 Å². The lowest BCUT2D eigenvalue weighted by Crippen LogP contribution is -2.17. The van der Waals surface area contributed by atoms with E-state index in [0.29, 0.717) is 12.8 Å². The average Bonchev–Trinajstić information content (AvgIpc) is 2.35. The molecule has 0 atom stereocenters. The Morgan fingerprint density at radius 2 is 1.89 bits per heavy atom. The second-order valence-corrected chi connectivity index (χ2v) is 6.42. The second-order valence-electron chi connectivity index (χ2n) is 4.41. The number of hydrogen-bond donors (Lipinski definition) is 1. The lowest BCUT2D eigenvalue weighted by Gasteiger charge is -2.13. The van der Waals surface area contributed by atoms with Crippen molar-refractivity contribution in [3.63, 3.8) is 0 Å². The maximum Gasteiger partial charge on any atom is 0.335 e. The van der Waals surface area contributed by atoms with Crippen molar-refractivity contribution in [1.82, 2.24) is 0 Å². The molecular weight excluding hydrogens is 271 g/mol. The Labute approximate surface area is 112 Å². The third-order valence-electron chi connectivity index (χ3n) is 3.12. The van der Waals surface area contributed by atoms with Gasteiger partial charge in [0, 0.05) is 0 Å². The summed E-state index contributed by atoms with van der Waals surface area (Å²) in [6, 6.07) is 2.86. The minimum absolute atomic E-state index is 0.0245. The summed E-state index contributed by atoms with van der Waals surface area (Å²) in [6.07, 6.45) is 1.40. The Bertz CT molecular complexity index is 562. The smallest absolute Gasteiger partial charge is 0.335 e. The van der Waals surface area contributed by atoms with Gasteiger partial charge in [-0.25, -0.2) is 17.6 Å². The Kier molecular flexibility index (Phi) is 5.05. The molecule has 0 unspecified atom stereocenters. The number of hydrogen-bond acceptors (Lipinski definition) is 3. The lowest BCUT2D eigenvalue weighted by atomic mass is 10.1. The molecule has 0 aliphatic rings. The van der Waals surface area contributed by atoms with Crippen LogP contribution in [0.1, 0.15) is 37.0 Å². The molecule has 0 saturated heterocycles. The largest absolute Gasteiger partial charge is 0.478 e. The van der Waals surface area contributed by atoms with Crippen molar-refractivity contribution in [3.05, 3.63) is 29.6 Å². The first kappa shape index (κ1) is 15.6. The number of halogens is 1. The van der Waals surface area contributed by atoms with Crippen molar-refractivity contribution >= 4 is 15.8 Å². The van der Waals surface area contributed by atoms with Gasteiger partial charge in [-0.05, 0) is 24.1 Å². The van der Waals surface area contributed by atoms with Crippen LogP contribution in [0.4, 0.5) is 4.39 Å². The summed E-state index contributed by atoms with van der Waals surface area (Å²) in [7, 11) is -3.72. The zero-order valence-corrected chi connectivity index (χ0v) is 11.7. The van der Waals surface area contributed by atoms with Gasteiger partial charge in [0.25, 0.3) is 0 Å². The molecule has 0 aromatic heterocycles. The normalized spacial score (nSPS) is 11.8. The van der Waals surface area contributed by atoms with Crippen LogP contribution in [-0.4, -0.2) is 25.2 Å². The van der Waals surface area contributed by atoms with Gasteiger partial charge in [0.1, 0.15) is 10.7 Å². The first-order valence-corrected chi connectivity index (χ1v) is 7.72. The van der Waals surface area contributed by atoms with Gasteiger partial charge in [-0.3, -0.25) is 0 Å². The van der Waals surface area contributed by atoms with Crippen LogP contribution in [0.5, 0.6) is 0 Å². The number of benzene rings is 1. The highest BCUT2D eigenvalue weighted by Crippen LogP contribution is 2.21. The van der Waals surface area contributed by atoms with Gasteiger partial charge in [-0.15, -0.1) is 0 Å². The fourth-order valence-corrected chi connectivity index (χ4v) is 3.71. The minimum atomic E-state index is -3.72. The monoisotopic (exact) mass is 288 g/mol. The van der Waals surface area contributed by atoms with Crippen LogP contribution in [0, 0.1) is 11.7 Å². The van der Waals surface area contributed by atoms with Crippen LogP contribution in [0.25, 0.3) is 0 Å². The molecule has 0 amide bonds. The van der Waals surface area contributed by atoms with Crippen LogP contribution in [0.3, 0.4) is 0 Å². The third-order valence-corrected chi connectivity index (χ3v) is 5.04. The molecule has 0 aliphatic heterocycles. The summed E-state index contributed by atoms with van der Waals surface area (Å²) in [5.41, 5.74) is -0.265. The van der Waals surface area contributed by atoms with Gasteiger partial charge in [0.15, 0.2) is 9.84 Å². The first-order chi connectivity index (χ1) is 8.81. The molecule has 0 spiro atoms. The Morgan fingerprint density at radius 3 is 2.32 bits per heavy atom. The molecule has 19 heavy (non-hydrogen) atoms. The molecule has 1 N–H and O–H groups in total. The summed E-state index contributed by atoms with van der Waals surface area (Å²) < 4.78 is 37.9. The van der Waals surface area contributed by atoms with Crippen LogP contribution < -0.4 is 0 Å². The molecule has 0 bridgehead atoms. The van der Waals surface area contributed by atoms with Crippen molar-refractivity contribution < 1.29 is 22.7 Å². The topological polar surface area (TPSA) is 71.4 Å². The third kappa shape index (κ3) is 3.76. The van der Waals surface area contributed by atoms with Crippen molar-refractivity contribution in [2.45, 2.75) is 31.6 Å². The number of aromatic carboxylic acids is 1. The molecule has 0 aliphatic carbocycles. The van der Waals surface area contributed by atoms with Crippen LogP contribution >= 0.6 is 0 Å². The zero-order valence-electron chi connectivity index (χ0n) is 10.9. The number of carboxylic acid groups (broad SMARTS) is 1. The van der Waals surface area contributed by atoms with E-state index < -0.39 is 26.5 Å². The van der Waals surface area contributed by atoms with E-state index in [4.69, 9.17) is 5.11 Å². The van der Waals surface area contributed by atoms with Gasteiger partial charge in [0.05, 0.1) is 11.3 Å². The number of rotatable bonds is 6. The molecule has 106 valence electrons. The maximum atomic E-state index is 13.7. The van der Waals surface area contributed by atoms with E-state index >= 15 is 0 Å². The highest BCUT2D eigenvalue weighted by atomic mass is 32.2. The van der Waals surface area contributed by atoms with Gasteiger partial charge in [0.2, 0.25) is 0 Å². The quantitative estimate of drug-likeness (QED) is 0.873. The van der Waals surface area contributed by atoms with Crippen molar-refractivity contribution in [2.75, 3.05) is 5.75 Å². The summed E-state index contributed by atoms with van der Waals surface area (Å²) in [6.45, 7) is 3.77. The molecule has 6 heteroatoms. The molecular formula is C13H17FO4S. The molecule has 1 aromatic carbocycles. The lowest BCUT2D eigenvalue weighted by molar-refractivity contribution is 0.0696. The summed E-state index contributed by atoms with van der Waals surface area (Å²) in [5, 5.41) is 8.71. The fourth-order valence-electron chi connectivity index (χ4n) is 1.81.